The van der Waals surface area contributed by atoms with Crippen LogP contribution in [0.15, 0.2) is 223 Å². The average molecular weight is 761 g/mol. The molecule has 0 spiro atoms. The molecule has 59 heavy (non-hydrogen) atoms. The van der Waals surface area contributed by atoms with Crippen LogP contribution in [0.3, 0.4) is 0 Å². The Morgan fingerprint density at radius 1 is 0.424 bits per heavy atom. The molecule has 12 rings (SSSR count). The largest absolute Gasteiger partial charge is 0.455 e. The van der Waals surface area contributed by atoms with E-state index in [9.17, 15) is 11.0 Å². The molecule has 0 fully saturated rings. The van der Waals surface area contributed by atoms with Gasteiger partial charge in [0.25, 0.3) is 0 Å². The van der Waals surface area contributed by atoms with E-state index in [1.54, 1.807) is 30.3 Å². The molecule has 10 aromatic carbocycles. The second kappa shape index (κ2) is 13.4. The molecule has 0 amide bonds. The molecule has 0 saturated carbocycles. The highest BCUT2D eigenvalue weighted by atomic mass is 16.3. The lowest BCUT2D eigenvalue weighted by molar-refractivity contribution is 0.672. The summed E-state index contributed by atoms with van der Waals surface area (Å²) < 4.78 is 86.7. The lowest BCUT2D eigenvalue weighted by Crippen LogP contribution is -2.10. The van der Waals surface area contributed by atoms with Gasteiger partial charge < -0.3 is 13.9 Å². The van der Waals surface area contributed by atoms with Gasteiger partial charge in [0.15, 0.2) is 0 Å². The highest BCUT2D eigenvalue weighted by Gasteiger charge is 2.21. The molecule has 0 saturated heterocycles. The number of hydrogen-bond acceptors (Lipinski definition) is 2. The number of fused-ring (bicyclic) bond motifs is 9. The Kier molecular flexibility index (Phi) is 5.92. The molecule has 2 aromatic heterocycles. The van der Waals surface area contributed by atoms with E-state index in [1.165, 1.54) is 4.90 Å². The maximum Gasteiger partial charge on any atom is 0.143 e. The highest BCUT2D eigenvalue weighted by Crippen LogP contribution is 2.45. The fourth-order valence-electron chi connectivity index (χ4n) is 8.60. The van der Waals surface area contributed by atoms with Crippen LogP contribution in [0.1, 0.15) is 11.0 Å². The van der Waals surface area contributed by atoms with Crippen molar-refractivity contribution in [3.05, 3.63) is 218 Å². The number of benzene rings is 10. The van der Waals surface area contributed by atoms with Crippen LogP contribution < -0.4 is 4.90 Å². The van der Waals surface area contributed by atoms with E-state index in [0.29, 0.717) is 44.4 Å². The van der Waals surface area contributed by atoms with Gasteiger partial charge in [-0.25, -0.2) is 0 Å². The molecule has 0 N–H and O–H groups in total. The number of furan rings is 1. The van der Waals surface area contributed by atoms with E-state index >= 15 is 0 Å². The monoisotopic (exact) mass is 760 g/mol. The van der Waals surface area contributed by atoms with Gasteiger partial charge in [-0.05, 0) is 99.5 Å². The van der Waals surface area contributed by atoms with Crippen LogP contribution in [-0.4, -0.2) is 4.57 Å². The molecule has 2 heterocycles. The summed E-state index contributed by atoms with van der Waals surface area (Å²) in [7, 11) is 0. The SMILES string of the molecule is [2H]c1c([2H])c(N(c2c([2H])c([2H])c(-c3ccccc3-n3c4ccccc4c4ccccc43)c([2H])c2[2H])c2cccc3oc4c5ccccc5ccc4c23)c([2H])c([2H])c1-c1ccc2ccccc2c1. The Labute approximate surface area is 352 Å². The molecule has 0 atom stereocenters. The zero-order valence-electron chi connectivity index (χ0n) is 39.5. The zero-order chi connectivity index (χ0) is 45.8. The Morgan fingerprint density at radius 3 is 1.76 bits per heavy atom. The van der Waals surface area contributed by atoms with E-state index in [4.69, 9.17) is 4.42 Å². The summed E-state index contributed by atoms with van der Waals surface area (Å²) in [5.41, 5.74) is 4.49. The summed E-state index contributed by atoms with van der Waals surface area (Å²) in [6.45, 7) is 0. The Bertz CT molecular complexity index is 3950. The first-order chi connectivity index (χ1) is 32.6. The van der Waals surface area contributed by atoms with E-state index < -0.39 is 24.2 Å². The standard InChI is InChI=1S/C56H36N2O/c1-2-14-41-36-42(25-24-37(41)12-1)38-26-31-43(32-27-38)57(53-22-11-23-54-55(53)49-35-30-39-13-3-4-16-46(39)56(49)59-54)44-33-28-40(29-34-44)45-15-5-8-19-50(45)58-51-20-9-6-17-47(51)48-18-7-10-21-52(48)58/h1-36H/i26D,27D,28D,29D,31D,32D,33D,34D. The molecule has 3 heteroatoms. The first-order valence-corrected chi connectivity index (χ1v) is 19.5. The molecular weight excluding hydrogens is 717 g/mol. The van der Waals surface area contributed by atoms with Crippen LogP contribution >= 0.6 is 0 Å². The predicted octanol–water partition coefficient (Wildman–Crippen LogP) is 15.8. The van der Waals surface area contributed by atoms with Crippen molar-refractivity contribution in [3.63, 3.8) is 0 Å². The predicted molar refractivity (Wildman–Crippen MR) is 249 cm³/mol. The maximum atomic E-state index is 9.92. The third kappa shape index (κ3) is 5.36. The lowest BCUT2D eigenvalue weighted by atomic mass is 10.00. The van der Waals surface area contributed by atoms with Crippen molar-refractivity contribution in [2.45, 2.75) is 0 Å². The Hall–Kier alpha value is -7.88. The Balaban J connectivity index is 1.15. The van der Waals surface area contributed by atoms with Crippen LogP contribution in [0, 0.1) is 0 Å². The second-order valence-corrected chi connectivity index (χ2v) is 14.6. The maximum absolute atomic E-state index is 9.92. The van der Waals surface area contributed by atoms with Crippen molar-refractivity contribution in [2.75, 3.05) is 4.90 Å². The summed E-state index contributed by atoms with van der Waals surface area (Å²) in [6, 6.07) is 50.7. The minimum Gasteiger partial charge on any atom is -0.455 e. The van der Waals surface area contributed by atoms with Gasteiger partial charge >= 0.3 is 0 Å². The van der Waals surface area contributed by atoms with Crippen LogP contribution in [0.4, 0.5) is 17.1 Å². The molecule has 0 unspecified atom stereocenters. The first kappa shape index (κ1) is 26.1. The highest BCUT2D eigenvalue weighted by molar-refractivity contribution is 6.19. The second-order valence-electron chi connectivity index (χ2n) is 14.6. The number of nitrogens with zero attached hydrogens (tertiary/aromatic N) is 2. The van der Waals surface area contributed by atoms with Gasteiger partial charge in [-0.1, -0.05) is 152 Å². The first-order valence-electron chi connectivity index (χ1n) is 23.5. The van der Waals surface area contributed by atoms with Crippen molar-refractivity contribution in [1.82, 2.24) is 4.57 Å². The molecule has 0 aliphatic heterocycles. The molecule has 12 aromatic rings. The summed E-state index contributed by atoms with van der Waals surface area (Å²) in [5, 5.41) is 6.92. The zero-order valence-corrected chi connectivity index (χ0v) is 31.5. The topological polar surface area (TPSA) is 21.3 Å². The summed E-state index contributed by atoms with van der Waals surface area (Å²) in [6.07, 6.45) is 0. The van der Waals surface area contributed by atoms with Gasteiger partial charge in [0.2, 0.25) is 0 Å². The third-order valence-corrected chi connectivity index (χ3v) is 11.3. The van der Waals surface area contributed by atoms with Crippen LogP contribution in [0.5, 0.6) is 0 Å². The number of rotatable bonds is 6. The summed E-state index contributed by atoms with van der Waals surface area (Å²) in [5.74, 6) is 0. The normalized spacial score (nSPS) is 13.6. The average Bonchev–Trinajstić information content (AvgIpc) is 3.92. The third-order valence-electron chi connectivity index (χ3n) is 11.3. The minimum atomic E-state index is -0.432. The summed E-state index contributed by atoms with van der Waals surface area (Å²) in [4.78, 5) is 1.38. The van der Waals surface area contributed by atoms with E-state index in [1.807, 2.05) is 127 Å². The van der Waals surface area contributed by atoms with Crippen molar-refractivity contribution >= 4 is 82.4 Å². The van der Waals surface area contributed by atoms with Crippen LogP contribution in [0.2, 0.25) is 0 Å². The van der Waals surface area contributed by atoms with Crippen molar-refractivity contribution in [1.29, 1.82) is 0 Å². The number of hydrogen-bond donors (Lipinski definition) is 0. The van der Waals surface area contributed by atoms with E-state index in [0.717, 1.165) is 43.4 Å². The molecular formula is C56H36N2O. The molecule has 0 aliphatic carbocycles. The van der Waals surface area contributed by atoms with Crippen LogP contribution in [0.25, 0.3) is 93.2 Å². The Morgan fingerprint density at radius 2 is 1.02 bits per heavy atom. The van der Waals surface area contributed by atoms with Crippen molar-refractivity contribution in [2.24, 2.45) is 0 Å². The van der Waals surface area contributed by atoms with Crippen LogP contribution in [-0.2, 0) is 0 Å². The minimum absolute atomic E-state index is 0.0702. The quantitative estimate of drug-likeness (QED) is 0.168. The fraction of sp³-hybridized carbons (Fsp3) is 0. The lowest BCUT2D eigenvalue weighted by Gasteiger charge is -2.27. The van der Waals surface area contributed by atoms with Gasteiger partial charge in [-0.15, -0.1) is 0 Å². The molecule has 0 bridgehead atoms. The number of anilines is 3. The van der Waals surface area contributed by atoms with Gasteiger partial charge in [-0.2, -0.15) is 0 Å². The molecule has 276 valence electrons. The number of aromatic nitrogens is 1. The number of para-hydroxylation sites is 3. The van der Waals surface area contributed by atoms with Crippen molar-refractivity contribution in [3.8, 4) is 27.9 Å². The fourth-order valence-corrected chi connectivity index (χ4v) is 8.60. The van der Waals surface area contributed by atoms with E-state index in [-0.39, 0.29) is 46.7 Å². The van der Waals surface area contributed by atoms with Gasteiger partial charge in [0.1, 0.15) is 11.2 Å². The molecule has 0 radical (unpaired) electrons. The smallest absolute Gasteiger partial charge is 0.143 e. The van der Waals surface area contributed by atoms with Crippen molar-refractivity contribution < 1.29 is 15.4 Å². The van der Waals surface area contributed by atoms with Gasteiger partial charge in [0.05, 0.1) is 38.8 Å². The summed E-state index contributed by atoms with van der Waals surface area (Å²) >= 11 is 0. The van der Waals surface area contributed by atoms with Gasteiger partial charge in [-0.3, -0.25) is 0 Å². The molecule has 3 nitrogen and oxygen atoms in total. The molecule has 0 aliphatic rings. The van der Waals surface area contributed by atoms with E-state index in [2.05, 4.69) is 16.7 Å². The van der Waals surface area contributed by atoms with Gasteiger partial charge in [0, 0.05) is 38.5 Å².